The lowest BCUT2D eigenvalue weighted by Crippen LogP contribution is -2.23. The number of ether oxygens (including phenoxy) is 1. The molecule has 0 amide bonds. The zero-order chi connectivity index (χ0) is 8.81. The number of nitrogens with zero attached hydrogens (tertiary/aromatic N) is 1. The Morgan fingerprint density at radius 2 is 2.25 bits per heavy atom. The van der Waals surface area contributed by atoms with Crippen molar-refractivity contribution in [1.29, 1.82) is 0 Å². The fourth-order valence-corrected chi connectivity index (χ4v) is 1.30. The molecule has 0 aromatic carbocycles. The van der Waals surface area contributed by atoms with E-state index in [0.717, 1.165) is 6.29 Å². The van der Waals surface area contributed by atoms with Crippen molar-refractivity contribution < 1.29 is 14.4 Å². The second-order valence-corrected chi connectivity index (χ2v) is 2.76. The van der Waals surface area contributed by atoms with Crippen LogP contribution in [0.3, 0.4) is 0 Å². The molecule has 2 atom stereocenters. The quantitative estimate of drug-likeness (QED) is 0.355. The van der Waals surface area contributed by atoms with Crippen molar-refractivity contribution >= 4 is 13.0 Å². The van der Waals surface area contributed by atoms with E-state index < -0.39 is 0 Å². The number of carbonyl (C=O) groups is 1. The molecule has 1 fully saturated rings. The minimum atomic E-state index is -0.150. The molecule has 0 bridgehead atoms. The second kappa shape index (κ2) is 4.87. The van der Waals surface area contributed by atoms with E-state index in [9.17, 15) is 4.79 Å². The SMILES string of the molecule is C=NO[C@@H]1CCOCC[C@@H]1C=O. The standard InChI is InChI=1S/C8H13NO3/c1-9-12-8-3-5-11-4-2-7(8)6-10/h6-8H,1-5H2/t7-,8-/m1/s1. The molecule has 0 aromatic heterocycles. The molecule has 0 N–H and O–H groups in total. The highest BCUT2D eigenvalue weighted by molar-refractivity contribution is 5.54. The summed E-state index contributed by atoms with van der Waals surface area (Å²) in [6, 6.07) is 0. The van der Waals surface area contributed by atoms with Gasteiger partial charge in [0.05, 0.1) is 12.5 Å². The van der Waals surface area contributed by atoms with Crippen molar-refractivity contribution in [2.24, 2.45) is 11.1 Å². The first-order chi connectivity index (χ1) is 5.88. The molecule has 1 saturated heterocycles. The first-order valence-electron chi connectivity index (χ1n) is 4.03. The number of oxime groups is 1. The van der Waals surface area contributed by atoms with E-state index in [1.165, 1.54) is 0 Å². The van der Waals surface area contributed by atoms with Gasteiger partial charge in [0.2, 0.25) is 0 Å². The van der Waals surface area contributed by atoms with Gasteiger partial charge in [-0.05, 0) is 6.42 Å². The van der Waals surface area contributed by atoms with E-state index in [1.807, 2.05) is 0 Å². The van der Waals surface area contributed by atoms with Gasteiger partial charge in [-0.2, -0.15) is 0 Å². The molecular weight excluding hydrogens is 158 g/mol. The molecule has 1 aliphatic heterocycles. The van der Waals surface area contributed by atoms with E-state index in [2.05, 4.69) is 11.9 Å². The summed E-state index contributed by atoms with van der Waals surface area (Å²) >= 11 is 0. The molecule has 4 heteroatoms. The summed E-state index contributed by atoms with van der Waals surface area (Å²) in [5, 5.41) is 3.33. The first-order valence-corrected chi connectivity index (χ1v) is 4.03. The lowest BCUT2D eigenvalue weighted by atomic mass is 9.99. The molecule has 0 unspecified atom stereocenters. The number of rotatable bonds is 3. The Bertz CT molecular complexity index is 160. The van der Waals surface area contributed by atoms with Gasteiger partial charge >= 0.3 is 0 Å². The second-order valence-electron chi connectivity index (χ2n) is 2.76. The van der Waals surface area contributed by atoms with E-state index in [-0.39, 0.29) is 12.0 Å². The van der Waals surface area contributed by atoms with Crippen LogP contribution in [0.5, 0.6) is 0 Å². The molecule has 1 rings (SSSR count). The third-order valence-corrected chi connectivity index (χ3v) is 2.00. The van der Waals surface area contributed by atoms with Crippen molar-refractivity contribution in [3.8, 4) is 0 Å². The highest BCUT2D eigenvalue weighted by atomic mass is 16.6. The van der Waals surface area contributed by atoms with Crippen LogP contribution in [0.2, 0.25) is 0 Å². The minimum Gasteiger partial charge on any atom is -0.392 e. The summed E-state index contributed by atoms with van der Waals surface area (Å²) < 4.78 is 5.20. The first kappa shape index (κ1) is 9.19. The van der Waals surface area contributed by atoms with Crippen LogP contribution in [0.15, 0.2) is 5.16 Å². The molecule has 0 aromatic rings. The van der Waals surface area contributed by atoms with Gasteiger partial charge in [0.25, 0.3) is 0 Å². The number of hydrogen-bond donors (Lipinski definition) is 0. The van der Waals surface area contributed by atoms with Crippen LogP contribution in [0.25, 0.3) is 0 Å². The summed E-state index contributed by atoms with van der Waals surface area (Å²) in [5.41, 5.74) is 0. The van der Waals surface area contributed by atoms with Crippen LogP contribution in [0.4, 0.5) is 0 Å². The van der Waals surface area contributed by atoms with Crippen LogP contribution in [0.1, 0.15) is 12.8 Å². The molecule has 0 spiro atoms. The van der Waals surface area contributed by atoms with E-state index in [4.69, 9.17) is 9.57 Å². The van der Waals surface area contributed by atoms with Crippen LogP contribution < -0.4 is 0 Å². The minimum absolute atomic E-state index is 0.0991. The molecule has 0 saturated carbocycles. The zero-order valence-electron chi connectivity index (χ0n) is 6.94. The maximum absolute atomic E-state index is 10.6. The smallest absolute Gasteiger partial charge is 0.139 e. The monoisotopic (exact) mass is 171 g/mol. The van der Waals surface area contributed by atoms with Gasteiger partial charge in [0.15, 0.2) is 0 Å². The van der Waals surface area contributed by atoms with Gasteiger partial charge in [0.1, 0.15) is 12.4 Å². The molecule has 0 radical (unpaired) electrons. The molecular formula is C8H13NO3. The Balaban J connectivity index is 2.50. The third-order valence-electron chi connectivity index (χ3n) is 2.00. The topological polar surface area (TPSA) is 47.9 Å². The third kappa shape index (κ3) is 2.30. The summed E-state index contributed by atoms with van der Waals surface area (Å²) in [4.78, 5) is 15.6. The summed E-state index contributed by atoms with van der Waals surface area (Å²) in [7, 11) is 0. The molecule has 68 valence electrons. The van der Waals surface area contributed by atoms with Gasteiger partial charge in [-0.1, -0.05) is 0 Å². The Morgan fingerprint density at radius 1 is 1.50 bits per heavy atom. The van der Waals surface area contributed by atoms with Gasteiger partial charge < -0.3 is 14.4 Å². The Kier molecular flexibility index (Phi) is 3.73. The molecule has 1 aliphatic rings. The lowest BCUT2D eigenvalue weighted by Gasteiger charge is -2.16. The summed E-state index contributed by atoms with van der Waals surface area (Å²) in [6.45, 7) is 4.48. The van der Waals surface area contributed by atoms with Crippen molar-refractivity contribution in [3.63, 3.8) is 0 Å². The fraction of sp³-hybridized carbons (Fsp3) is 0.750. The molecule has 1 heterocycles. The largest absolute Gasteiger partial charge is 0.392 e. The fourth-order valence-electron chi connectivity index (χ4n) is 1.30. The van der Waals surface area contributed by atoms with Crippen molar-refractivity contribution in [3.05, 3.63) is 0 Å². The predicted octanol–water partition coefficient (Wildman–Crippen LogP) is 0.613. The van der Waals surface area contributed by atoms with Crippen molar-refractivity contribution in [1.82, 2.24) is 0 Å². The van der Waals surface area contributed by atoms with Crippen molar-refractivity contribution in [2.45, 2.75) is 18.9 Å². The van der Waals surface area contributed by atoms with Crippen LogP contribution >= 0.6 is 0 Å². The van der Waals surface area contributed by atoms with E-state index in [1.54, 1.807) is 0 Å². The number of aldehydes is 1. The Labute approximate surface area is 71.5 Å². The molecule has 0 aliphatic carbocycles. The lowest BCUT2D eigenvalue weighted by molar-refractivity contribution is -0.116. The normalized spacial score (nSPS) is 30.3. The highest BCUT2D eigenvalue weighted by Crippen LogP contribution is 2.17. The summed E-state index contributed by atoms with van der Waals surface area (Å²) in [6.07, 6.45) is 2.18. The average molecular weight is 171 g/mol. The van der Waals surface area contributed by atoms with Gasteiger partial charge in [-0.3, -0.25) is 0 Å². The average Bonchev–Trinajstić information content (AvgIpc) is 2.30. The zero-order valence-corrected chi connectivity index (χ0v) is 6.94. The van der Waals surface area contributed by atoms with E-state index in [0.29, 0.717) is 26.1 Å². The van der Waals surface area contributed by atoms with Gasteiger partial charge in [-0.25, -0.2) is 0 Å². The Hall–Kier alpha value is -0.900. The van der Waals surface area contributed by atoms with Gasteiger partial charge in [-0.15, -0.1) is 5.16 Å². The number of carbonyl (C=O) groups excluding carboxylic acids is 1. The van der Waals surface area contributed by atoms with Gasteiger partial charge in [0, 0.05) is 19.7 Å². The molecule has 12 heavy (non-hydrogen) atoms. The van der Waals surface area contributed by atoms with Crippen molar-refractivity contribution in [2.75, 3.05) is 13.2 Å². The Morgan fingerprint density at radius 3 is 2.92 bits per heavy atom. The van der Waals surface area contributed by atoms with E-state index >= 15 is 0 Å². The van der Waals surface area contributed by atoms with Crippen LogP contribution in [-0.2, 0) is 14.4 Å². The highest BCUT2D eigenvalue weighted by Gasteiger charge is 2.25. The summed E-state index contributed by atoms with van der Waals surface area (Å²) in [5.74, 6) is -0.0991. The predicted molar refractivity (Wildman–Crippen MR) is 44.0 cm³/mol. The molecule has 4 nitrogen and oxygen atoms in total. The maximum Gasteiger partial charge on any atom is 0.139 e. The number of hydrogen-bond acceptors (Lipinski definition) is 4. The van der Waals surface area contributed by atoms with Crippen LogP contribution in [0, 0.1) is 5.92 Å². The maximum atomic E-state index is 10.6. The van der Waals surface area contributed by atoms with Crippen LogP contribution in [-0.4, -0.2) is 32.3 Å².